The quantitative estimate of drug-likeness (QED) is 0.582. The van der Waals surface area contributed by atoms with Crippen molar-refractivity contribution in [2.45, 2.75) is 33.3 Å². The van der Waals surface area contributed by atoms with Gasteiger partial charge in [0.15, 0.2) is 5.78 Å². The molecule has 0 bridgehead atoms. The lowest BCUT2D eigenvalue weighted by molar-refractivity contribution is -0.0163. The van der Waals surface area contributed by atoms with Crippen LogP contribution in [-0.4, -0.2) is 24.6 Å². The van der Waals surface area contributed by atoms with Crippen LogP contribution in [-0.2, 0) is 4.74 Å². The summed E-state index contributed by atoms with van der Waals surface area (Å²) in [7, 11) is 0. The molecule has 1 aromatic carbocycles. The van der Waals surface area contributed by atoms with Crippen molar-refractivity contribution in [3.8, 4) is 5.75 Å². The van der Waals surface area contributed by atoms with E-state index in [-0.39, 0.29) is 11.4 Å². The molecule has 0 N–H and O–H groups in total. The van der Waals surface area contributed by atoms with Gasteiger partial charge in [0.2, 0.25) is 0 Å². The van der Waals surface area contributed by atoms with Gasteiger partial charge in [0, 0.05) is 5.56 Å². The Bertz CT molecular complexity index is 377. The molecule has 3 nitrogen and oxygen atoms in total. The number of carbonyl (C=O) groups excluding carboxylic acids is 1. The number of ether oxygens (including phenoxy) is 2. The Morgan fingerprint density at radius 1 is 1.24 bits per heavy atom. The molecule has 0 aliphatic carbocycles. The number of ketones is 1. The van der Waals surface area contributed by atoms with Crippen molar-refractivity contribution in [3.05, 3.63) is 29.8 Å². The van der Waals surface area contributed by atoms with Gasteiger partial charge in [-0.3, -0.25) is 4.79 Å². The lowest BCUT2D eigenvalue weighted by atomic mass is 10.1. The molecule has 0 radical (unpaired) electrons. The summed E-state index contributed by atoms with van der Waals surface area (Å²) in [6.45, 7) is 8.57. The first kappa shape index (κ1) is 13.7. The van der Waals surface area contributed by atoms with E-state index in [0.29, 0.717) is 24.5 Å². The maximum atomic E-state index is 11.2. The number of rotatable bonds is 5. The fourth-order valence-corrected chi connectivity index (χ4v) is 1.31. The SMILES string of the molecule is CC(=O)c1cccc(OCCOC(C)(C)C)c1. The Morgan fingerprint density at radius 3 is 2.53 bits per heavy atom. The Balaban J connectivity index is 2.42. The van der Waals surface area contributed by atoms with E-state index < -0.39 is 0 Å². The van der Waals surface area contributed by atoms with E-state index in [9.17, 15) is 4.79 Å². The third kappa shape index (κ3) is 5.50. The van der Waals surface area contributed by atoms with Crippen LogP contribution in [0.4, 0.5) is 0 Å². The van der Waals surface area contributed by atoms with Crippen LogP contribution in [0.5, 0.6) is 5.75 Å². The van der Waals surface area contributed by atoms with Gasteiger partial charge in [0.1, 0.15) is 12.4 Å². The molecule has 0 heterocycles. The van der Waals surface area contributed by atoms with Crippen molar-refractivity contribution in [2.24, 2.45) is 0 Å². The van der Waals surface area contributed by atoms with E-state index in [1.165, 1.54) is 0 Å². The van der Waals surface area contributed by atoms with E-state index in [0.717, 1.165) is 0 Å². The molecule has 1 rings (SSSR count). The molecule has 0 saturated heterocycles. The van der Waals surface area contributed by atoms with Crippen molar-refractivity contribution >= 4 is 5.78 Å². The Hall–Kier alpha value is -1.35. The highest BCUT2D eigenvalue weighted by Gasteiger charge is 2.09. The third-order valence-electron chi connectivity index (χ3n) is 2.13. The van der Waals surface area contributed by atoms with Gasteiger partial charge >= 0.3 is 0 Å². The molecule has 0 aliphatic rings. The van der Waals surface area contributed by atoms with Gasteiger partial charge in [-0.15, -0.1) is 0 Å². The second kappa shape index (κ2) is 5.82. The van der Waals surface area contributed by atoms with E-state index in [4.69, 9.17) is 9.47 Å². The van der Waals surface area contributed by atoms with E-state index in [1.807, 2.05) is 32.9 Å². The van der Waals surface area contributed by atoms with Crippen molar-refractivity contribution in [2.75, 3.05) is 13.2 Å². The molecule has 1 aromatic rings. The normalized spacial score (nSPS) is 11.3. The molecule has 0 fully saturated rings. The van der Waals surface area contributed by atoms with Crippen LogP contribution in [0.2, 0.25) is 0 Å². The Labute approximate surface area is 103 Å². The highest BCUT2D eigenvalue weighted by molar-refractivity contribution is 5.94. The van der Waals surface area contributed by atoms with Crippen molar-refractivity contribution < 1.29 is 14.3 Å². The summed E-state index contributed by atoms with van der Waals surface area (Å²) in [6.07, 6.45) is 0. The van der Waals surface area contributed by atoms with E-state index >= 15 is 0 Å². The summed E-state index contributed by atoms with van der Waals surface area (Å²) >= 11 is 0. The van der Waals surface area contributed by atoms with Gasteiger partial charge in [-0.1, -0.05) is 12.1 Å². The largest absolute Gasteiger partial charge is 0.491 e. The molecule has 17 heavy (non-hydrogen) atoms. The van der Waals surface area contributed by atoms with Gasteiger partial charge in [0.25, 0.3) is 0 Å². The molecule has 94 valence electrons. The first-order valence-corrected chi connectivity index (χ1v) is 5.76. The standard InChI is InChI=1S/C14H20O3/c1-11(15)12-6-5-7-13(10-12)16-8-9-17-14(2,3)4/h5-7,10H,8-9H2,1-4H3. The predicted molar refractivity (Wildman–Crippen MR) is 67.6 cm³/mol. The van der Waals surface area contributed by atoms with Crippen LogP contribution in [0.25, 0.3) is 0 Å². The van der Waals surface area contributed by atoms with Gasteiger partial charge in [-0.05, 0) is 39.8 Å². The highest BCUT2D eigenvalue weighted by atomic mass is 16.5. The summed E-state index contributed by atoms with van der Waals surface area (Å²) in [4.78, 5) is 11.2. The number of carbonyl (C=O) groups is 1. The first-order chi connectivity index (χ1) is 7.88. The molecule has 0 atom stereocenters. The fourth-order valence-electron chi connectivity index (χ4n) is 1.31. The molecule has 0 spiro atoms. The predicted octanol–water partition coefficient (Wildman–Crippen LogP) is 3.08. The Kier molecular flexibility index (Phi) is 4.70. The second-order valence-electron chi connectivity index (χ2n) is 4.89. The number of benzene rings is 1. The van der Waals surface area contributed by atoms with Crippen LogP contribution in [0.3, 0.4) is 0 Å². The summed E-state index contributed by atoms with van der Waals surface area (Å²) in [5.41, 5.74) is 0.518. The molecular weight excluding hydrogens is 216 g/mol. The van der Waals surface area contributed by atoms with E-state index in [2.05, 4.69) is 0 Å². The maximum absolute atomic E-state index is 11.2. The highest BCUT2D eigenvalue weighted by Crippen LogP contribution is 2.14. The zero-order valence-electron chi connectivity index (χ0n) is 10.9. The van der Waals surface area contributed by atoms with Crippen molar-refractivity contribution in [1.29, 1.82) is 0 Å². The van der Waals surface area contributed by atoms with Crippen LogP contribution in [0.1, 0.15) is 38.1 Å². The molecule has 3 heteroatoms. The van der Waals surface area contributed by atoms with Crippen LogP contribution in [0.15, 0.2) is 24.3 Å². The van der Waals surface area contributed by atoms with Gasteiger partial charge in [-0.2, -0.15) is 0 Å². The van der Waals surface area contributed by atoms with Crippen molar-refractivity contribution in [3.63, 3.8) is 0 Å². The van der Waals surface area contributed by atoms with Gasteiger partial charge < -0.3 is 9.47 Å². The second-order valence-corrected chi connectivity index (χ2v) is 4.89. The summed E-state index contributed by atoms with van der Waals surface area (Å²) in [5, 5.41) is 0. The molecule has 0 saturated carbocycles. The van der Waals surface area contributed by atoms with Gasteiger partial charge in [-0.25, -0.2) is 0 Å². The lowest BCUT2D eigenvalue weighted by Gasteiger charge is -2.19. The minimum Gasteiger partial charge on any atom is -0.491 e. The molecule has 0 unspecified atom stereocenters. The average molecular weight is 236 g/mol. The lowest BCUT2D eigenvalue weighted by Crippen LogP contribution is -2.22. The van der Waals surface area contributed by atoms with Gasteiger partial charge in [0.05, 0.1) is 12.2 Å². The van der Waals surface area contributed by atoms with Crippen LogP contribution in [0, 0.1) is 0 Å². The molecule has 0 aliphatic heterocycles. The maximum Gasteiger partial charge on any atom is 0.159 e. The zero-order valence-corrected chi connectivity index (χ0v) is 10.9. The molecular formula is C14H20O3. The van der Waals surface area contributed by atoms with Crippen LogP contribution >= 0.6 is 0 Å². The van der Waals surface area contributed by atoms with Crippen LogP contribution < -0.4 is 4.74 Å². The summed E-state index contributed by atoms with van der Waals surface area (Å²) < 4.78 is 11.1. The number of hydrogen-bond donors (Lipinski definition) is 0. The third-order valence-corrected chi connectivity index (χ3v) is 2.13. The average Bonchev–Trinajstić information content (AvgIpc) is 2.23. The zero-order chi connectivity index (χ0) is 12.9. The number of Topliss-reactive ketones (excluding diaryl/α,β-unsaturated/α-hetero) is 1. The minimum atomic E-state index is -0.148. The number of hydrogen-bond acceptors (Lipinski definition) is 3. The van der Waals surface area contributed by atoms with E-state index in [1.54, 1.807) is 19.1 Å². The smallest absolute Gasteiger partial charge is 0.159 e. The van der Waals surface area contributed by atoms with Crippen molar-refractivity contribution in [1.82, 2.24) is 0 Å². The molecule has 0 aromatic heterocycles. The Morgan fingerprint density at radius 2 is 1.94 bits per heavy atom. The molecule has 0 amide bonds. The fraction of sp³-hybridized carbons (Fsp3) is 0.500. The first-order valence-electron chi connectivity index (χ1n) is 5.76. The monoisotopic (exact) mass is 236 g/mol. The minimum absolute atomic E-state index is 0.0430. The topological polar surface area (TPSA) is 35.5 Å². The summed E-state index contributed by atoms with van der Waals surface area (Å²) in [6, 6.07) is 7.18. The summed E-state index contributed by atoms with van der Waals surface area (Å²) in [5.74, 6) is 0.747.